The van der Waals surface area contributed by atoms with E-state index in [-0.39, 0.29) is 18.1 Å². The maximum Gasteiger partial charge on any atom is 0.232 e. The summed E-state index contributed by atoms with van der Waals surface area (Å²) >= 11 is 1.60. The highest BCUT2D eigenvalue weighted by Crippen LogP contribution is 2.25. The summed E-state index contributed by atoms with van der Waals surface area (Å²) < 4.78 is 6.02. The average Bonchev–Trinajstić information content (AvgIpc) is 2.68. The molecule has 1 fully saturated rings. The van der Waals surface area contributed by atoms with Gasteiger partial charge in [0.2, 0.25) is 5.91 Å². The van der Waals surface area contributed by atoms with Crippen LogP contribution in [-0.4, -0.2) is 35.8 Å². The Morgan fingerprint density at radius 3 is 2.62 bits per heavy atom. The molecule has 1 saturated heterocycles. The lowest BCUT2D eigenvalue weighted by Crippen LogP contribution is -2.46. The van der Waals surface area contributed by atoms with Crippen molar-refractivity contribution < 1.29 is 9.53 Å². The van der Waals surface area contributed by atoms with E-state index in [4.69, 9.17) is 10.00 Å². The van der Waals surface area contributed by atoms with Crippen molar-refractivity contribution in [2.24, 2.45) is 0 Å². The number of amides is 1. The van der Waals surface area contributed by atoms with E-state index in [1.165, 1.54) is 0 Å². The van der Waals surface area contributed by atoms with Gasteiger partial charge in [0, 0.05) is 12.3 Å². The Hall–Kier alpha value is -2.29. The van der Waals surface area contributed by atoms with Gasteiger partial charge in [0.05, 0.1) is 30.0 Å². The Labute approximate surface area is 158 Å². The fraction of sp³-hybridized carbons (Fsp3) is 0.333. The van der Waals surface area contributed by atoms with Gasteiger partial charge in [-0.15, -0.1) is 11.8 Å². The van der Waals surface area contributed by atoms with Gasteiger partial charge in [-0.1, -0.05) is 42.5 Å². The predicted octanol–water partition coefficient (Wildman–Crippen LogP) is 3.78. The molecule has 134 valence electrons. The zero-order valence-corrected chi connectivity index (χ0v) is 15.6. The minimum atomic E-state index is -0.0626. The smallest absolute Gasteiger partial charge is 0.232 e. The first-order valence-electron chi connectivity index (χ1n) is 8.70. The lowest BCUT2D eigenvalue weighted by atomic mass is 10.1. The van der Waals surface area contributed by atoms with Gasteiger partial charge in [-0.2, -0.15) is 5.26 Å². The normalized spacial score (nSPS) is 19.8. The third kappa shape index (κ3) is 4.87. The molecule has 1 aliphatic rings. The van der Waals surface area contributed by atoms with Crippen molar-refractivity contribution in [3.63, 3.8) is 0 Å². The average molecular weight is 366 g/mol. The SMILES string of the molecule is CC1CN(C(=O)CSCc2ccc(C#N)cc2)CC(c2ccccc2)O1. The molecule has 0 spiro atoms. The zero-order valence-electron chi connectivity index (χ0n) is 14.8. The number of nitriles is 1. The number of hydrogen-bond acceptors (Lipinski definition) is 4. The molecule has 0 aliphatic carbocycles. The van der Waals surface area contributed by atoms with E-state index in [9.17, 15) is 4.79 Å². The number of nitrogens with zero attached hydrogens (tertiary/aromatic N) is 2. The first-order valence-corrected chi connectivity index (χ1v) is 9.86. The molecule has 4 nitrogen and oxygen atoms in total. The van der Waals surface area contributed by atoms with E-state index in [0.717, 1.165) is 16.9 Å². The molecule has 2 aromatic rings. The molecule has 5 heteroatoms. The Morgan fingerprint density at radius 2 is 1.92 bits per heavy atom. The molecular weight excluding hydrogens is 344 g/mol. The van der Waals surface area contributed by atoms with Crippen LogP contribution in [0.25, 0.3) is 0 Å². The zero-order chi connectivity index (χ0) is 18.4. The van der Waals surface area contributed by atoms with Crippen molar-refractivity contribution in [1.82, 2.24) is 4.90 Å². The maximum atomic E-state index is 12.6. The molecule has 1 aliphatic heterocycles. The molecule has 0 radical (unpaired) electrons. The fourth-order valence-electron chi connectivity index (χ4n) is 3.03. The molecule has 0 aromatic heterocycles. The highest BCUT2D eigenvalue weighted by atomic mass is 32.2. The standard InChI is InChI=1S/C21H22N2O2S/c1-16-12-23(13-20(25-16)19-5-3-2-4-6-19)21(24)15-26-14-18-9-7-17(11-22)8-10-18/h2-10,16,20H,12-15H2,1H3. The minimum Gasteiger partial charge on any atom is -0.367 e. The van der Waals surface area contributed by atoms with Crippen molar-refractivity contribution in [2.45, 2.75) is 24.9 Å². The second kappa shape index (κ2) is 8.88. The minimum absolute atomic E-state index is 0.0291. The Bertz CT molecular complexity index is 771. The van der Waals surface area contributed by atoms with Gasteiger partial charge in [-0.3, -0.25) is 4.79 Å². The number of hydrogen-bond donors (Lipinski definition) is 0. The van der Waals surface area contributed by atoms with Crippen LogP contribution in [0.5, 0.6) is 0 Å². The van der Waals surface area contributed by atoms with E-state index < -0.39 is 0 Å². The second-order valence-corrected chi connectivity index (χ2v) is 7.43. The van der Waals surface area contributed by atoms with Crippen molar-refractivity contribution in [3.8, 4) is 6.07 Å². The quantitative estimate of drug-likeness (QED) is 0.808. The summed E-state index contributed by atoms with van der Waals surface area (Å²) in [5.74, 6) is 1.37. The van der Waals surface area contributed by atoms with Crippen LogP contribution in [0.4, 0.5) is 0 Å². The number of carbonyl (C=O) groups excluding carboxylic acids is 1. The molecular formula is C21H22N2O2S. The number of thioether (sulfide) groups is 1. The van der Waals surface area contributed by atoms with Crippen LogP contribution in [-0.2, 0) is 15.3 Å². The van der Waals surface area contributed by atoms with E-state index in [0.29, 0.717) is 24.4 Å². The lowest BCUT2D eigenvalue weighted by Gasteiger charge is -2.37. The molecule has 1 amide bonds. The molecule has 0 bridgehead atoms. The molecule has 2 aromatic carbocycles. The topological polar surface area (TPSA) is 53.3 Å². The van der Waals surface area contributed by atoms with Crippen LogP contribution in [0.2, 0.25) is 0 Å². The predicted molar refractivity (Wildman–Crippen MR) is 104 cm³/mol. The van der Waals surface area contributed by atoms with Gasteiger partial charge in [0.15, 0.2) is 0 Å². The first-order chi connectivity index (χ1) is 12.7. The van der Waals surface area contributed by atoms with Crippen LogP contribution >= 0.6 is 11.8 Å². The summed E-state index contributed by atoms with van der Waals surface area (Å²) in [5, 5.41) is 8.83. The molecule has 3 rings (SSSR count). The van der Waals surface area contributed by atoms with Crippen LogP contribution in [0, 0.1) is 11.3 Å². The van der Waals surface area contributed by atoms with Crippen molar-refractivity contribution in [2.75, 3.05) is 18.8 Å². The number of benzene rings is 2. The lowest BCUT2D eigenvalue weighted by molar-refractivity contribution is -0.142. The third-order valence-electron chi connectivity index (χ3n) is 4.36. The molecule has 26 heavy (non-hydrogen) atoms. The van der Waals surface area contributed by atoms with Gasteiger partial charge in [0.25, 0.3) is 0 Å². The molecule has 0 N–H and O–H groups in total. The monoisotopic (exact) mass is 366 g/mol. The van der Waals surface area contributed by atoms with Gasteiger partial charge < -0.3 is 9.64 Å². The highest BCUT2D eigenvalue weighted by Gasteiger charge is 2.29. The second-order valence-electron chi connectivity index (χ2n) is 6.45. The molecule has 2 unspecified atom stereocenters. The van der Waals surface area contributed by atoms with Crippen molar-refractivity contribution in [1.29, 1.82) is 5.26 Å². The highest BCUT2D eigenvalue weighted by molar-refractivity contribution is 7.99. The van der Waals surface area contributed by atoms with E-state index in [1.807, 2.05) is 66.4 Å². The van der Waals surface area contributed by atoms with Crippen LogP contribution in [0.1, 0.15) is 29.7 Å². The van der Waals surface area contributed by atoms with Gasteiger partial charge in [-0.25, -0.2) is 0 Å². The number of ether oxygens (including phenoxy) is 1. The summed E-state index contributed by atoms with van der Waals surface area (Å²) in [5.41, 5.74) is 2.89. The summed E-state index contributed by atoms with van der Waals surface area (Å²) in [7, 11) is 0. The van der Waals surface area contributed by atoms with Crippen molar-refractivity contribution >= 4 is 17.7 Å². The first kappa shape index (κ1) is 18.5. The summed E-state index contributed by atoms with van der Waals surface area (Å²) in [6.45, 7) is 3.25. The maximum absolute atomic E-state index is 12.6. The number of carbonyl (C=O) groups is 1. The largest absolute Gasteiger partial charge is 0.367 e. The summed E-state index contributed by atoms with van der Waals surface area (Å²) in [6.07, 6.45) is -0.0335. The van der Waals surface area contributed by atoms with Crippen molar-refractivity contribution in [3.05, 3.63) is 71.3 Å². The van der Waals surface area contributed by atoms with Gasteiger partial charge >= 0.3 is 0 Å². The Balaban J connectivity index is 1.52. The third-order valence-corrected chi connectivity index (χ3v) is 5.35. The van der Waals surface area contributed by atoms with E-state index in [1.54, 1.807) is 11.8 Å². The van der Waals surface area contributed by atoms with E-state index in [2.05, 4.69) is 6.07 Å². The molecule has 2 atom stereocenters. The van der Waals surface area contributed by atoms with Crippen LogP contribution < -0.4 is 0 Å². The fourth-order valence-corrected chi connectivity index (χ4v) is 3.92. The Morgan fingerprint density at radius 1 is 1.19 bits per heavy atom. The summed E-state index contributed by atoms with van der Waals surface area (Å²) in [6, 6.07) is 19.7. The van der Waals surface area contributed by atoms with Crippen LogP contribution in [0.15, 0.2) is 54.6 Å². The van der Waals surface area contributed by atoms with Gasteiger partial charge in [-0.05, 0) is 30.2 Å². The molecule has 1 heterocycles. The number of morpholine rings is 1. The van der Waals surface area contributed by atoms with E-state index >= 15 is 0 Å². The van der Waals surface area contributed by atoms with Gasteiger partial charge in [0.1, 0.15) is 6.10 Å². The van der Waals surface area contributed by atoms with Crippen LogP contribution in [0.3, 0.4) is 0 Å². The molecule has 0 saturated carbocycles. The summed E-state index contributed by atoms with van der Waals surface area (Å²) in [4.78, 5) is 14.5. The number of rotatable bonds is 5. The Kier molecular flexibility index (Phi) is 6.32.